The number of likely N-dealkylation sites (tertiary alicyclic amines) is 1. The molecule has 3 rings (SSSR count). The van der Waals surface area contributed by atoms with Crippen molar-refractivity contribution in [3.05, 3.63) is 0 Å². The number of ketones is 1. The van der Waals surface area contributed by atoms with Gasteiger partial charge in [-0.1, -0.05) is 0 Å². The summed E-state index contributed by atoms with van der Waals surface area (Å²) in [6.07, 6.45) is 6.09. The van der Waals surface area contributed by atoms with Crippen molar-refractivity contribution in [1.29, 1.82) is 0 Å². The fourth-order valence-corrected chi connectivity index (χ4v) is 3.11. The third-order valence-corrected chi connectivity index (χ3v) is 4.26. The predicted molar refractivity (Wildman–Crippen MR) is 56.5 cm³/mol. The Kier molecular flexibility index (Phi) is 2.15. The maximum atomic E-state index is 11.3. The molecule has 15 heavy (non-hydrogen) atoms. The highest BCUT2D eigenvalue weighted by Gasteiger charge is 2.53. The van der Waals surface area contributed by atoms with E-state index in [9.17, 15) is 9.90 Å². The number of β-amino-alcohol motifs (C(OH)–C–C–N with tert-alkyl or cyclic N) is 1. The molecule has 0 aromatic heterocycles. The quantitative estimate of drug-likeness (QED) is 0.736. The minimum Gasteiger partial charge on any atom is -0.387 e. The molecular weight excluding hydrogens is 190 g/mol. The Labute approximate surface area is 90.5 Å². The summed E-state index contributed by atoms with van der Waals surface area (Å²) in [7, 11) is 0. The van der Waals surface area contributed by atoms with E-state index >= 15 is 0 Å². The number of carbonyl (C=O) groups excluding carboxylic acids is 1. The third-order valence-electron chi connectivity index (χ3n) is 4.26. The lowest BCUT2D eigenvalue weighted by Gasteiger charge is -2.51. The van der Waals surface area contributed by atoms with Crippen LogP contribution in [0, 0.1) is 5.92 Å². The zero-order valence-corrected chi connectivity index (χ0v) is 9.11. The average molecular weight is 209 g/mol. The summed E-state index contributed by atoms with van der Waals surface area (Å²) in [6, 6.07) is 0.435. The molecule has 0 spiro atoms. The average Bonchev–Trinajstić information content (AvgIpc) is 2.96. The summed E-state index contributed by atoms with van der Waals surface area (Å²) in [5.41, 5.74) is -0.388. The largest absolute Gasteiger partial charge is 0.387 e. The van der Waals surface area contributed by atoms with E-state index in [2.05, 4.69) is 4.90 Å². The number of hydrogen-bond acceptors (Lipinski definition) is 3. The van der Waals surface area contributed by atoms with Crippen molar-refractivity contribution in [3.8, 4) is 0 Å². The first-order valence-corrected chi connectivity index (χ1v) is 6.15. The van der Waals surface area contributed by atoms with Crippen molar-refractivity contribution in [1.82, 2.24) is 4.90 Å². The molecule has 3 heteroatoms. The van der Waals surface area contributed by atoms with Crippen molar-refractivity contribution in [3.63, 3.8) is 0 Å². The highest BCUT2D eigenvalue weighted by atomic mass is 16.3. The van der Waals surface area contributed by atoms with Crippen LogP contribution in [0.2, 0.25) is 0 Å². The Hall–Kier alpha value is -0.410. The zero-order valence-electron chi connectivity index (χ0n) is 9.11. The topological polar surface area (TPSA) is 40.5 Å². The summed E-state index contributed by atoms with van der Waals surface area (Å²) in [5, 5.41) is 10.2. The predicted octanol–water partition coefficient (Wildman–Crippen LogP) is 0.955. The van der Waals surface area contributed by atoms with Crippen LogP contribution in [0.1, 0.15) is 38.5 Å². The van der Waals surface area contributed by atoms with Crippen LogP contribution in [0.3, 0.4) is 0 Å². The van der Waals surface area contributed by atoms with Gasteiger partial charge in [0.1, 0.15) is 5.78 Å². The number of aliphatic hydroxyl groups is 1. The standard InChI is InChI=1S/C12H19NO2/c14-11-3-1-2-10(6-11)13-7-12(15,8-13)9-4-5-9/h9-10,15H,1-8H2. The van der Waals surface area contributed by atoms with Gasteiger partial charge in [-0.3, -0.25) is 9.69 Å². The van der Waals surface area contributed by atoms with Gasteiger partial charge in [0, 0.05) is 32.0 Å². The molecule has 1 aliphatic heterocycles. The Morgan fingerprint density at radius 3 is 2.60 bits per heavy atom. The summed E-state index contributed by atoms with van der Waals surface area (Å²) in [4.78, 5) is 13.7. The minimum atomic E-state index is -0.388. The van der Waals surface area contributed by atoms with Crippen molar-refractivity contribution < 1.29 is 9.90 Å². The molecule has 3 nitrogen and oxygen atoms in total. The van der Waals surface area contributed by atoms with Gasteiger partial charge in [-0.05, 0) is 31.6 Å². The molecule has 2 saturated carbocycles. The number of Topliss-reactive ketones (excluding diaryl/α,β-unsaturated/α-hetero) is 1. The molecule has 84 valence electrons. The number of hydrogen-bond donors (Lipinski definition) is 1. The molecule has 0 radical (unpaired) electrons. The minimum absolute atomic E-state index is 0.388. The van der Waals surface area contributed by atoms with Gasteiger partial charge in [-0.2, -0.15) is 0 Å². The van der Waals surface area contributed by atoms with Gasteiger partial charge in [-0.15, -0.1) is 0 Å². The van der Waals surface area contributed by atoms with Crippen molar-refractivity contribution in [2.24, 2.45) is 5.92 Å². The van der Waals surface area contributed by atoms with E-state index in [0.717, 1.165) is 38.8 Å². The Bertz CT molecular complexity index is 279. The molecule has 1 unspecified atom stereocenters. The van der Waals surface area contributed by atoms with Crippen LogP contribution in [0.25, 0.3) is 0 Å². The van der Waals surface area contributed by atoms with Crippen LogP contribution in [0.15, 0.2) is 0 Å². The molecular formula is C12H19NO2. The van der Waals surface area contributed by atoms with E-state index in [1.807, 2.05) is 0 Å². The highest BCUT2D eigenvalue weighted by Crippen LogP contribution is 2.45. The first-order valence-electron chi connectivity index (χ1n) is 6.15. The lowest BCUT2D eigenvalue weighted by molar-refractivity contribution is -0.142. The van der Waals surface area contributed by atoms with E-state index in [4.69, 9.17) is 0 Å². The van der Waals surface area contributed by atoms with Gasteiger partial charge in [0.2, 0.25) is 0 Å². The van der Waals surface area contributed by atoms with Crippen molar-refractivity contribution in [2.75, 3.05) is 13.1 Å². The number of nitrogens with zero attached hydrogens (tertiary/aromatic N) is 1. The molecule has 1 N–H and O–H groups in total. The summed E-state index contributed by atoms with van der Waals surface area (Å²) < 4.78 is 0. The van der Waals surface area contributed by atoms with Crippen molar-refractivity contribution >= 4 is 5.78 Å². The number of carbonyl (C=O) groups is 1. The van der Waals surface area contributed by atoms with E-state index in [0.29, 0.717) is 17.7 Å². The smallest absolute Gasteiger partial charge is 0.134 e. The first-order chi connectivity index (χ1) is 7.17. The molecule has 0 amide bonds. The normalized spacial score (nSPS) is 36.3. The monoisotopic (exact) mass is 209 g/mol. The van der Waals surface area contributed by atoms with Gasteiger partial charge < -0.3 is 5.11 Å². The number of rotatable bonds is 2. The summed E-state index contributed by atoms with van der Waals surface area (Å²) >= 11 is 0. The third kappa shape index (κ3) is 1.72. The SMILES string of the molecule is O=C1CCCC(N2CC(O)(C3CC3)C2)C1. The molecule has 1 heterocycles. The molecule has 3 aliphatic rings. The Morgan fingerprint density at radius 1 is 1.27 bits per heavy atom. The molecule has 2 aliphatic carbocycles. The molecule has 1 atom stereocenters. The lowest BCUT2D eigenvalue weighted by atomic mass is 9.83. The highest BCUT2D eigenvalue weighted by molar-refractivity contribution is 5.79. The van der Waals surface area contributed by atoms with Crippen LogP contribution < -0.4 is 0 Å². The molecule has 0 aromatic rings. The Morgan fingerprint density at radius 2 is 2.00 bits per heavy atom. The Balaban J connectivity index is 1.55. The second-order valence-corrected chi connectivity index (χ2v) is 5.57. The lowest BCUT2D eigenvalue weighted by Crippen LogP contribution is -2.66. The van der Waals surface area contributed by atoms with E-state index < -0.39 is 0 Å². The molecule has 1 saturated heterocycles. The molecule has 0 bridgehead atoms. The van der Waals surface area contributed by atoms with Crippen LogP contribution in [-0.4, -0.2) is 40.5 Å². The van der Waals surface area contributed by atoms with Gasteiger partial charge in [0.25, 0.3) is 0 Å². The van der Waals surface area contributed by atoms with E-state index in [1.165, 1.54) is 12.8 Å². The second-order valence-electron chi connectivity index (χ2n) is 5.57. The van der Waals surface area contributed by atoms with Crippen LogP contribution in [0.5, 0.6) is 0 Å². The maximum Gasteiger partial charge on any atom is 0.134 e. The van der Waals surface area contributed by atoms with Crippen LogP contribution in [-0.2, 0) is 4.79 Å². The molecule has 0 aromatic carbocycles. The van der Waals surface area contributed by atoms with E-state index in [-0.39, 0.29) is 5.60 Å². The fourth-order valence-electron chi connectivity index (χ4n) is 3.11. The van der Waals surface area contributed by atoms with Crippen molar-refractivity contribution in [2.45, 2.75) is 50.2 Å². The van der Waals surface area contributed by atoms with Gasteiger partial charge in [-0.25, -0.2) is 0 Å². The van der Waals surface area contributed by atoms with Gasteiger partial charge in [0.05, 0.1) is 5.60 Å². The van der Waals surface area contributed by atoms with Gasteiger partial charge in [0.15, 0.2) is 0 Å². The summed E-state index contributed by atoms with van der Waals surface area (Å²) in [5.74, 6) is 0.973. The molecule has 3 fully saturated rings. The van der Waals surface area contributed by atoms with Crippen LogP contribution in [0.4, 0.5) is 0 Å². The second kappa shape index (κ2) is 3.29. The van der Waals surface area contributed by atoms with Gasteiger partial charge >= 0.3 is 0 Å². The first kappa shape index (κ1) is 9.79. The fraction of sp³-hybridized carbons (Fsp3) is 0.917. The summed E-state index contributed by atoms with van der Waals surface area (Å²) in [6.45, 7) is 1.63. The van der Waals surface area contributed by atoms with Crippen LogP contribution >= 0.6 is 0 Å². The van der Waals surface area contributed by atoms with E-state index in [1.54, 1.807) is 0 Å². The zero-order chi connectivity index (χ0) is 10.5. The maximum absolute atomic E-state index is 11.3.